The molecule has 0 saturated heterocycles. The number of carbonyl (C=O) groups is 3. The number of rotatable bonds is 7. The van der Waals surface area contributed by atoms with Crippen LogP contribution in [0.25, 0.3) is 0 Å². The van der Waals surface area contributed by atoms with Crippen LogP contribution in [-0.2, 0) is 14.8 Å². The summed E-state index contributed by atoms with van der Waals surface area (Å²) in [5.74, 6) is -3.45. The standard InChI is InChI=1S/C20H19FN2O6S/c1-3-22(4-2)30(27,28)13-9-10-17(21)16(11-13)20(26)29-12-23-18(24)14-7-5-6-8-15(14)19(23)25/h5-11H,3-4,12H2,1-2H3. The van der Waals surface area contributed by atoms with Crippen molar-refractivity contribution in [1.82, 2.24) is 9.21 Å². The third-order valence-electron chi connectivity index (χ3n) is 4.70. The van der Waals surface area contributed by atoms with Gasteiger partial charge in [0.25, 0.3) is 11.8 Å². The van der Waals surface area contributed by atoms with Gasteiger partial charge in [0.1, 0.15) is 5.82 Å². The number of halogens is 1. The number of hydrogen-bond acceptors (Lipinski definition) is 6. The molecule has 0 saturated carbocycles. The number of hydrogen-bond donors (Lipinski definition) is 0. The van der Waals surface area contributed by atoms with Crippen LogP contribution in [0.15, 0.2) is 47.4 Å². The van der Waals surface area contributed by atoms with E-state index >= 15 is 0 Å². The Labute approximate surface area is 172 Å². The summed E-state index contributed by atoms with van der Waals surface area (Å²) < 4.78 is 45.5. The minimum absolute atomic E-state index is 0.178. The summed E-state index contributed by atoms with van der Waals surface area (Å²) in [5.41, 5.74) is -0.256. The van der Waals surface area contributed by atoms with Crippen LogP contribution in [0.3, 0.4) is 0 Å². The first-order chi connectivity index (χ1) is 14.2. The van der Waals surface area contributed by atoms with E-state index in [2.05, 4.69) is 0 Å². The minimum Gasteiger partial charge on any atom is -0.440 e. The fraction of sp³-hybridized carbons (Fsp3) is 0.250. The highest BCUT2D eigenvalue weighted by molar-refractivity contribution is 7.89. The molecular weight excluding hydrogens is 415 g/mol. The van der Waals surface area contributed by atoms with Crippen LogP contribution in [0.5, 0.6) is 0 Å². The van der Waals surface area contributed by atoms with E-state index in [0.29, 0.717) is 0 Å². The van der Waals surface area contributed by atoms with Gasteiger partial charge >= 0.3 is 5.97 Å². The zero-order chi connectivity index (χ0) is 22.1. The Kier molecular flexibility index (Phi) is 5.99. The van der Waals surface area contributed by atoms with Gasteiger partial charge < -0.3 is 4.74 Å². The summed E-state index contributed by atoms with van der Waals surface area (Å²) in [6.07, 6.45) is 0. The lowest BCUT2D eigenvalue weighted by Crippen LogP contribution is -2.33. The largest absolute Gasteiger partial charge is 0.440 e. The van der Waals surface area contributed by atoms with Crippen LogP contribution in [0, 0.1) is 5.82 Å². The van der Waals surface area contributed by atoms with Gasteiger partial charge in [-0.3, -0.25) is 9.59 Å². The molecule has 30 heavy (non-hydrogen) atoms. The van der Waals surface area contributed by atoms with Crippen LogP contribution < -0.4 is 0 Å². The molecule has 0 N–H and O–H groups in total. The number of amides is 2. The molecule has 0 aliphatic carbocycles. The van der Waals surface area contributed by atoms with Gasteiger partial charge in [0, 0.05) is 13.1 Å². The minimum atomic E-state index is -3.92. The summed E-state index contributed by atoms with van der Waals surface area (Å²) in [4.78, 5) is 37.4. The number of carbonyl (C=O) groups excluding carboxylic acids is 3. The van der Waals surface area contributed by atoms with Crippen molar-refractivity contribution in [3.63, 3.8) is 0 Å². The number of nitrogens with zero attached hydrogens (tertiary/aromatic N) is 2. The SMILES string of the molecule is CCN(CC)S(=O)(=O)c1ccc(F)c(C(=O)OCN2C(=O)c3ccccc3C2=O)c1. The first-order valence-corrected chi connectivity index (χ1v) is 10.6. The molecule has 2 aromatic rings. The fourth-order valence-corrected chi connectivity index (χ4v) is 4.58. The van der Waals surface area contributed by atoms with Gasteiger partial charge in [0.2, 0.25) is 10.0 Å². The Hall–Kier alpha value is -3.11. The topological polar surface area (TPSA) is 101 Å². The van der Waals surface area contributed by atoms with Gasteiger partial charge in [-0.25, -0.2) is 22.5 Å². The van der Waals surface area contributed by atoms with Crippen molar-refractivity contribution in [1.29, 1.82) is 0 Å². The van der Waals surface area contributed by atoms with E-state index in [1.807, 2.05) is 0 Å². The maximum Gasteiger partial charge on any atom is 0.342 e. The normalized spacial score (nSPS) is 13.7. The molecule has 1 aliphatic heterocycles. The van der Waals surface area contributed by atoms with Crippen LogP contribution >= 0.6 is 0 Å². The molecule has 0 radical (unpaired) electrons. The van der Waals surface area contributed by atoms with Gasteiger partial charge in [-0.2, -0.15) is 4.31 Å². The van der Waals surface area contributed by atoms with Gasteiger partial charge in [-0.05, 0) is 30.3 Å². The van der Waals surface area contributed by atoms with Gasteiger partial charge in [-0.1, -0.05) is 26.0 Å². The lowest BCUT2D eigenvalue weighted by atomic mass is 10.1. The van der Waals surface area contributed by atoms with Crippen LogP contribution in [-0.4, -0.2) is 55.2 Å². The summed E-state index contributed by atoms with van der Waals surface area (Å²) in [6, 6.07) is 8.93. The molecule has 1 heterocycles. The summed E-state index contributed by atoms with van der Waals surface area (Å²) in [6.45, 7) is 2.99. The predicted molar refractivity (Wildman–Crippen MR) is 104 cm³/mol. The van der Waals surface area contributed by atoms with Crippen molar-refractivity contribution in [3.8, 4) is 0 Å². The van der Waals surface area contributed by atoms with Crippen molar-refractivity contribution in [2.24, 2.45) is 0 Å². The van der Waals surface area contributed by atoms with Gasteiger partial charge in [0.05, 0.1) is 21.6 Å². The van der Waals surface area contributed by atoms with E-state index in [-0.39, 0.29) is 29.1 Å². The third-order valence-corrected chi connectivity index (χ3v) is 6.75. The Balaban J connectivity index is 1.80. The van der Waals surface area contributed by atoms with Crippen molar-refractivity contribution in [3.05, 3.63) is 65.0 Å². The van der Waals surface area contributed by atoms with Crippen LogP contribution in [0.1, 0.15) is 44.9 Å². The highest BCUT2D eigenvalue weighted by atomic mass is 32.2. The molecule has 0 bridgehead atoms. The Morgan fingerprint density at radius 2 is 1.60 bits per heavy atom. The second-order valence-electron chi connectivity index (χ2n) is 6.38. The van der Waals surface area contributed by atoms with Crippen LogP contribution in [0.4, 0.5) is 4.39 Å². The third kappa shape index (κ3) is 3.71. The van der Waals surface area contributed by atoms with Crippen LogP contribution in [0.2, 0.25) is 0 Å². The summed E-state index contributed by atoms with van der Waals surface area (Å²) >= 11 is 0. The van der Waals surface area contributed by atoms with Gasteiger partial charge in [0.15, 0.2) is 6.73 Å². The maximum absolute atomic E-state index is 14.2. The zero-order valence-electron chi connectivity index (χ0n) is 16.3. The molecule has 0 unspecified atom stereocenters. The molecule has 1 aliphatic rings. The molecule has 0 fully saturated rings. The zero-order valence-corrected chi connectivity index (χ0v) is 17.1. The number of fused-ring (bicyclic) bond motifs is 1. The molecule has 3 rings (SSSR count). The predicted octanol–water partition coefficient (Wildman–Crippen LogP) is 2.27. The number of esters is 1. The van der Waals surface area contributed by atoms with Crippen molar-refractivity contribution in [2.75, 3.05) is 19.8 Å². The van der Waals surface area contributed by atoms with Crippen molar-refractivity contribution >= 4 is 27.8 Å². The molecule has 0 aromatic heterocycles. The summed E-state index contributed by atoms with van der Waals surface area (Å²) in [7, 11) is -3.92. The lowest BCUT2D eigenvalue weighted by molar-refractivity contribution is 0.0224. The molecule has 10 heteroatoms. The molecule has 0 spiro atoms. The highest BCUT2D eigenvalue weighted by Gasteiger charge is 2.36. The van der Waals surface area contributed by atoms with E-state index < -0.39 is 45.9 Å². The van der Waals surface area contributed by atoms with Gasteiger partial charge in [-0.15, -0.1) is 0 Å². The van der Waals surface area contributed by atoms with Crippen molar-refractivity contribution < 1.29 is 31.9 Å². The molecule has 2 aromatic carbocycles. The first kappa shape index (κ1) is 21.6. The Morgan fingerprint density at radius 1 is 1.03 bits per heavy atom. The number of sulfonamides is 1. The second kappa shape index (κ2) is 8.33. The lowest BCUT2D eigenvalue weighted by Gasteiger charge is -2.19. The van der Waals surface area contributed by atoms with E-state index in [0.717, 1.165) is 27.4 Å². The Morgan fingerprint density at radius 3 is 2.13 bits per heavy atom. The summed E-state index contributed by atoms with van der Waals surface area (Å²) in [5, 5.41) is 0. The van der Waals surface area contributed by atoms with E-state index in [1.165, 1.54) is 12.1 Å². The van der Waals surface area contributed by atoms with E-state index in [1.54, 1.807) is 26.0 Å². The van der Waals surface area contributed by atoms with E-state index in [4.69, 9.17) is 4.74 Å². The molecule has 158 valence electrons. The maximum atomic E-state index is 14.2. The van der Waals surface area contributed by atoms with E-state index in [9.17, 15) is 27.2 Å². The molecule has 8 nitrogen and oxygen atoms in total. The second-order valence-corrected chi connectivity index (χ2v) is 8.31. The number of ether oxygens (including phenoxy) is 1. The Bertz CT molecular complexity index is 1090. The highest BCUT2D eigenvalue weighted by Crippen LogP contribution is 2.23. The van der Waals surface area contributed by atoms with Crippen molar-refractivity contribution in [2.45, 2.75) is 18.7 Å². The monoisotopic (exact) mass is 434 g/mol. The average Bonchev–Trinajstić information content (AvgIpc) is 2.97. The average molecular weight is 434 g/mol. The number of imide groups is 1. The first-order valence-electron chi connectivity index (χ1n) is 9.14. The quantitative estimate of drug-likeness (QED) is 0.490. The molecule has 0 atom stereocenters. The number of benzene rings is 2. The smallest absolute Gasteiger partial charge is 0.342 e. The molecular formula is C20H19FN2O6S. The molecule has 2 amide bonds. The fourth-order valence-electron chi connectivity index (χ4n) is 3.09.